The first-order chi connectivity index (χ1) is 7.24. The lowest BCUT2D eigenvalue weighted by Crippen LogP contribution is -2.33. The van der Waals surface area contributed by atoms with Crippen LogP contribution in [-0.4, -0.2) is 24.1 Å². The SMILES string of the molecule is Cc1ncc(CC2(CCl)CCOCC2)s1. The molecule has 1 aliphatic rings. The maximum absolute atomic E-state index is 6.12. The third-order valence-corrected chi connectivity index (χ3v) is 4.54. The predicted molar refractivity (Wildman–Crippen MR) is 63.8 cm³/mol. The van der Waals surface area contributed by atoms with Crippen molar-refractivity contribution in [2.24, 2.45) is 5.41 Å². The van der Waals surface area contributed by atoms with Crippen LogP contribution in [0.1, 0.15) is 22.7 Å². The second-order valence-electron chi connectivity index (χ2n) is 4.27. The van der Waals surface area contributed by atoms with Crippen LogP contribution in [0.3, 0.4) is 0 Å². The number of alkyl halides is 1. The van der Waals surface area contributed by atoms with Gasteiger partial charge in [-0.3, -0.25) is 0 Å². The molecule has 0 amide bonds. The van der Waals surface area contributed by atoms with Crippen molar-refractivity contribution in [3.8, 4) is 0 Å². The highest BCUT2D eigenvalue weighted by atomic mass is 35.5. The summed E-state index contributed by atoms with van der Waals surface area (Å²) in [7, 11) is 0. The van der Waals surface area contributed by atoms with Gasteiger partial charge in [-0.05, 0) is 31.6 Å². The Hall–Kier alpha value is -0.120. The van der Waals surface area contributed by atoms with E-state index in [1.54, 1.807) is 11.3 Å². The number of rotatable bonds is 3. The van der Waals surface area contributed by atoms with E-state index in [2.05, 4.69) is 4.98 Å². The highest BCUT2D eigenvalue weighted by Gasteiger charge is 2.32. The molecule has 84 valence electrons. The number of hydrogen-bond donors (Lipinski definition) is 0. The highest BCUT2D eigenvalue weighted by molar-refractivity contribution is 7.11. The van der Waals surface area contributed by atoms with Crippen LogP contribution in [0.5, 0.6) is 0 Å². The molecule has 0 unspecified atom stereocenters. The molecule has 0 saturated carbocycles. The Morgan fingerprint density at radius 1 is 1.53 bits per heavy atom. The fourth-order valence-corrected chi connectivity index (χ4v) is 3.35. The van der Waals surface area contributed by atoms with Crippen LogP contribution in [0.15, 0.2) is 6.20 Å². The average Bonchev–Trinajstić information content (AvgIpc) is 2.65. The summed E-state index contributed by atoms with van der Waals surface area (Å²) in [5, 5.41) is 1.14. The second-order valence-corrected chi connectivity index (χ2v) is 5.85. The Kier molecular flexibility index (Phi) is 3.65. The van der Waals surface area contributed by atoms with Crippen LogP contribution >= 0.6 is 22.9 Å². The van der Waals surface area contributed by atoms with Crippen molar-refractivity contribution in [1.29, 1.82) is 0 Å². The van der Waals surface area contributed by atoms with Crippen molar-refractivity contribution < 1.29 is 4.74 Å². The van der Waals surface area contributed by atoms with E-state index in [0.29, 0.717) is 0 Å². The quantitative estimate of drug-likeness (QED) is 0.764. The third kappa shape index (κ3) is 2.71. The van der Waals surface area contributed by atoms with Crippen molar-refractivity contribution in [1.82, 2.24) is 4.98 Å². The Morgan fingerprint density at radius 2 is 2.27 bits per heavy atom. The van der Waals surface area contributed by atoms with Crippen LogP contribution in [0.2, 0.25) is 0 Å². The van der Waals surface area contributed by atoms with Crippen molar-refractivity contribution in [2.75, 3.05) is 19.1 Å². The summed E-state index contributed by atoms with van der Waals surface area (Å²) in [6.07, 6.45) is 5.20. The second kappa shape index (κ2) is 4.81. The maximum Gasteiger partial charge on any atom is 0.0896 e. The fraction of sp³-hybridized carbons (Fsp3) is 0.727. The topological polar surface area (TPSA) is 22.1 Å². The predicted octanol–water partition coefficient (Wildman–Crippen LogP) is 3.03. The monoisotopic (exact) mass is 245 g/mol. The molecule has 2 heterocycles. The highest BCUT2D eigenvalue weighted by Crippen LogP contribution is 2.36. The molecule has 0 radical (unpaired) electrons. The van der Waals surface area contributed by atoms with Gasteiger partial charge in [-0.2, -0.15) is 0 Å². The molecule has 1 aliphatic heterocycles. The fourth-order valence-electron chi connectivity index (χ4n) is 2.02. The zero-order chi connectivity index (χ0) is 10.7. The molecule has 0 aliphatic carbocycles. The molecule has 1 aromatic rings. The molecular formula is C11H16ClNOS. The van der Waals surface area contributed by atoms with E-state index in [1.807, 2.05) is 13.1 Å². The van der Waals surface area contributed by atoms with Gasteiger partial charge in [-0.1, -0.05) is 0 Å². The van der Waals surface area contributed by atoms with Gasteiger partial charge in [0.1, 0.15) is 0 Å². The lowest BCUT2D eigenvalue weighted by atomic mass is 9.79. The van der Waals surface area contributed by atoms with E-state index < -0.39 is 0 Å². The molecule has 2 rings (SSSR count). The van der Waals surface area contributed by atoms with Gasteiger partial charge < -0.3 is 4.74 Å². The van der Waals surface area contributed by atoms with Crippen LogP contribution in [0, 0.1) is 12.3 Å². The molecule has 4 heteroatoms. The van der Waals surface area contributed by atoms with E-state index in [9.17, 15) is 0 Å². The van der Waals surface area contributed by atoms with Crippen molar-refractivity contribution in [2.45, 2.75) is 26.2 Å². The molecule has 1 saturated heterocycles. The molecule has 0 aromatic carbocycles. The number of thiazole rings is 1. The van der Waals surface area contributed by atoms with Gasteiger partial charge in [0, 0.05) is 30.2 Å². The van der Waals surface area contributed by atoms with Gasteiger partial charge in [0.05, 0.1) is 5.01 Å². The smallest absolute Gasteiger partial charge is 0.0896 e. The molecule has 0 bridgehead atoms. The molecule has 1 fully saturated rings. The van der Waals surface area contributed by atoms with Gasteiger partial charge in [-0.25, -0.2) is 4.98 Å². The molecule has 1 aromatic heterocycles. The lowest BCUT2D eigenvalue weighted by Gasteiger charge is -2.35. The molecule has 0 atom stereocenters. The maximum atomic E-state index is 6.12. The van der Waals surface area contributed by atoms with E-state index in [4.69, 9.17) is 16.3 Å². The van der Waals surface area contributed by atoms with E-state index in [0.717, 1.165) is 43.4 Å². The number of ether oxygens (including phenoxy) is 1. The van der Waals surface area contributed by atoms with Crippen molar-refractivity contribution in [3.05, 3.63) is 16.1 Å². The Balaban J connectivity index is 2.06. The molecular weight excluding hydrogens is 230 g/mol. The normalized spacial score (nSPS) is 20.4. The van der Waals surface area contributed by atoms with Crippen LogP contribution in [0.25, 0.3) is 0 Å². The largest absolute Gasteiger partial charge is 0.381 e. The number of halogens is 1. The van der Waals surface area contributed by atoms with Crippen LogP contribution in [0.4, 0.5) is 0 Å². The summed E-state index contributed by atoms with van der Waals surface area (Å²) in [5.74, 6) is 0.729. The van der Waals surface area contributed by atoms with Crippen LogP contribution < -0.4 is 0 Å². The minimum absolute atomic E-state index is 0.249. The van der Waals surface area contributed by atoms with Gasteiger partial charge >= 0.3 is 0 Å². The molecule has 0 N–H and O–H groups in total. The first-order valence-electron chi connectivity index (χ1n) is 5.29. The summed E-state index contributed by atoms with van der Waals surface area (Å²) >= 11 is 7.91. The zero-order valence-electron chi connectivity index (χ0n) is 8.96. The summed E-state index contributed by atoms with van der Waals surface area (Å²) in [6, 6.07) is 0. The first-order valence-corrected chi connectivity index (χ1v) is 6.64. The summed E-state index contributed by atoms with van der Waals surface area (Å²) in [5.41, 5.74) is 0.249. The summed E-state index contributed by atoms with van der Waals surface area (Å²) < 4.78 is 5.40. The Morgan fingerprint density at radius 3 is 2.80 bits per heavy atom. The standard InChI is InChI=1S/C11H16ClNOS/c1-9-13-7-10(15-9)6-11(8-12)2-4-14-5-3-11/h7H,2-6,8H2,1H3. The number of aromatic nitrogens is 1. The van der Waals surface area contributed by atoms with E-state index in [1.165, 1.54) is 4.88 Å². The van der Waals surface area contributed by atoms with Crippen molar-refractivity contribution in [3.63, 3.8) is 0 Å². The summed E-state index contributed by atoms with van der Waals surface area (Å²) in [4.78, 5) is 5.65. The first kappa shape index (κ1) is 11.4. The van der Waals surface area contributed by atoms with Gasteiger partial charge in [0.25, 0.3) is 0 Å². The van der Waals surface area contributed by atoms with Crippen LogP contribution in [-0.2, 0) is 11.2 Å². The Labute approximate surface area is 99.6 Å². The van der Waals surface area contributed by atoms with Gasteiger partial charge in [-0.15, -0.1) is 22.9 Å². The molecule has 0 spiro atoms. The van der Waals surface area contributed by atoms with Gasteiger partial charge in [0.2, 0.25) is 0 Å². The lowest BCUT2D eigenvalue weighted by molar-refractivity contribution is 0.0261. The minimum Gasteiger partial charge on any atom is -0.381 e. The summed E-state index contributed by atoms with van der Waals surface area (Å²) in [6.45, 7) is 3.75. The molecule has 2 nitrogen and oxygen atoms in total. The average molecular weight is 246 g/mol. The number of hydrogen-bond acceptors (Lipinski definition) is 3. The zero-order valence-corrected chi connectivity index (χ0v) is 10.5. The third-order valence-electron chi connectivity index (χ3n) is 3.06. The number of nitrogens with zero attached hydrogens (tertiary/aromatic N) is 1. The van der Waals surface area contributed by atoms with E-state index in [-0.39, 0.29) is 5.41 Å². The van der Waals surface area contributed by atoms with E-state index >= 15 is 0 Å². The van der Waals surface area contributed by atoms with Gasteiger partial charge in [0.15, 0.2) is 0 Å². The number of aryl methyl sites for hydroxylation is 1. The molecule has 15 heavy (non-hydrogen) atoms. The minimum atomic E-state index is 0.249. The van der Waals surface area contributed by atoms with Crippen molar-refractivity contribution >= 4 is 22.9 Å². The Bertz CT molecular complexity index is 320.